The number of aromatic nitrogens is 2. The van der Waals surface area contributed by atoms with Gasteiger partial charge in [-0.3, -0.25) is 9.59 Å². The van der Waals surface area contributed by atoms with Gasteiger partial charge in [0.1, 0.15) is 0 Å². The quantitative estimate of drug-likeness (QED) is 0.537. The topological polar surface area (TPSA) is 86.9 Å². The van der Waals surface area contributed by atoms with Gasteiger partial charge in [-0.25, -0.2) is 4.98 Å². The Bertz CT molecular complexity index is 310. The number of H-pyrrole nitrogens is 1. The zero-order valence-corrected chi connectivity index (χ0v) is 8.49. The van der Waals surface area contributed by atoms with E-state index in [0.717, 1.165) is 5.69 Å². The Balaban J connectivity index is 2.26. The molecule has 0 fully saturated rings. The van der Waals surface area contributed by atoms with Gasteiger partial charge in [0, 0.05) is 24.4 Å². The molecule has 0 radical (unpaired) electrons. The summed E-state index contributed by atoms with van der Waals surface area (Å²) in [6.45, 7) is 1.90. The average molecular weight is 210 g/mol. The average Bonchev–Trinajstić information content (AvgIpc) is 2.67. The molecule has 6 nitrogen and oxygen atoms in total. The third-order valence-electron chi connectivity index (χ3n) is 1.83. The van der Waals surface area contributed by atoms with Crippen molar-refractivity contribution < 1.29 is 9.59 Å². The maximum absolute atomic E-state index is 11.2. The van der Waals surface area contributed by atoms with Gasteiger partial charge in [0.15, 0.2) is 0 Å². The van der Waals surface area contributed by atoms with Gasteiger partial charge < -0.3 is 15.6 Å². The maximum Gasteiger partial charge on any atom is 0.239 e. The Kier molecular flexibility index (Phi) is 4.33. The number of nitrogens with one attached hydrogen (secondary N) is 3. The van der Waals surface area contributed by atoms with Crippen LogP contribution in [0.1, 0.15) is 12.6 Å². The Morgan fingerprint density at radius 1 is 1.73 bits per heavy atom. The van der Waals surface area contributed by atoms with Crippen LogP contribution in [-0.4, -0.2) is 34.9 Å². The van der Waals surface area contributed by atoms with Crippen LogP contribution >= 0.6 is 0 Å². The second-order valence-corrected chi connectivity index (χ2v) is 3.25. The fourth-order valence-corrected chi connectivity index (χ4v) is 1.24. The minimum absolute atomic E-state index is 0.00593. The van der Waals surface area contributed by atoms with Crippen LogP contribution in [0.2, 0.25) is 0 Å². The molecule has 0 saturated heterocycles. The summed E-state index contributed by atoms with van der Waals surface area (Å²) in [7, 11) is 0. The van der Waals surface area contributed by atoms with Gasteiger partial charge >= 0.3 is 0 Å². The fraction of sp³-hybridized carbons (Fsp3) is 0.444. The first-order valence-electron chi connectivity index (χ1n) is 4.66. The SMILES string of the molecule is CC(Cc1cnc[nH]1)NC(=O)CNC=O. The Morgan fingerprint density at radius 2 is 2.53 bits per heavy atom. The van der Waals surface area contributed by atoms with Crippen molar-refractivity contribution in [3.63, 3.8) is 0 Å². The molecular weight excluding hydrogens is 196 g/mol. The molecule has 1 atom stereocenters. The Labute approximate surface area is 87.5 Å². The monoisotopic (exact) mass is 210 g/mol. The fourth-order valence-electron chi connectivity index (χ4n) is 1.24. The van der Waals surface area contributed by atoms with Crippen molar-refractivity contribution in [3.8, 4) is 0 Å². The summed E-state index contributed by atoms with van der Waals surface area (Å²) in [5, 5.41) is 5.04. The van der Waals surface area contributed by atoms with Gasteiger partial charge in [-0.1, -0.05) is 0 Å². The zero-order valence-electron chi connectivity index (χ0n) is 8.49. The smallest absolute Gasteiger partial charge is 0.239 e. The third kappa shape index (κ3) is 4.26. The molecule has 0 saturated carbocycles. The zero-order chi connectivity index (χ0) is 11.1. The van der Waals surface area contributed by atoms with Crippen molar-refractivity contribution in [1.29, 1.82) is 0 Å². The molecule has 1 heterocycles. The molecule has 0 aliphatic rings. The van der Waals surface area contributed by atoms with Crippen LogP contribution < -0.4 is 10.6 Å². The van der Waals surface area contributed by atoms with Crippen LogP contribution in [0, 0.1) is 0 Å². The van der Waals surface area contributed by atoms with E-state index < -0.39 is 0 Å². The molecule has 0 spiro atoms. The van der Waals surface area contributed by atoms with Crippen LogP contribution in [0.25, 0.3) is 0 Å². The minimum Gasteiger partial charge on any atom is -0.352 e. The van der Waals surface area contributed by atoms with Gasteiger partial charge in [0.25, 0.3) is 0 Å². The molecule has 0 aromatic carbocycles. The minimum atomic E-state index is -0.200. The Morgan fingerprint density at radius 3 is 3.13 bits per heavy atom. The summed E-state index contributed by atoms with van der Waals surface area (Å²) in [6, 6.07) is 0.00593. The van der Waals surface area contributed by atoms with Crippen LogP contribution in [0.5, 0.6) is 0 Å². The molecule has 1 aromatic rings. The van der Waals surface area contributed by atoms with Gasteiger partial charge in [-0.05, 0) is 6.92 Å². The predicted molar refractivity (Wildman–Crippen MR) is 54.0 cm³/mol. The first-order chi connectivity index (χ1) is 7.22. The van der Waals surface area contributed by atoms with E-state index in [2.05, 4.69) is 20.6 Å². The number of amides is 2. The summed E-state index contributed by atoms with van der Waals surface area (Å²) < 4.78 is 0. The molecule has 6 heteroatoms. The van der Waals surface area contributed by atoms with E-state index in [-0.39, 0.29) is 18.5 Å². The standard InChI is InChI=1S/C9H14N4O2/c1-7(2-8-3-10-5-12-8)13-9(15)4-11-6-14/h3,5-7H,2,4H2,1H3,(H,10,12)(H,11,14)(H,13,15). The Hall–Kier alpha value is -1.85. The van der Waals surface area contributed by atoms with E-state index in [1.807, 2.05) is 6.92 Å². The molecule has 0 aliphatic carbocycles. The summed E-state index contributed by atoms with van der Waals surface area (Å²) in [5.74, 6) is -0.200. The molecule has 82 valence electrons. The number of nitrogens with zero attached hydrogens (tertiary/aromatic N) is 1. The van der Waals surface area contributed by atoms with Crippen molar-refractivity contribution in [2.24, 2.45) is 0 Å². The molecule has 2 amide bonds. The number of hydrogen-bond donors (Lipinski definition) is 3. The van der Waals surface area contributed by atoms with Crippen molar-refractivity contribution in [2.75, 3.05) is 6.54 Å². The number of carbonyl (C=O) groups is 2. The lowest BCUT2D eigenvalue weighted by molar-refractivity contribution is -0.122. The van der Waals surface area contributed by atoms with Gasteiger partial charge in [0.05, 0.1) is 12.9 Å². The molecule has 1 unspecified atom stereocenters. The highest BCUT2D eigenvalue weighted by Crippen LogP contribution is 1.96. The number of rotatable bonds is 6. The summed E-state index contributed by atoms with van der Waals surface area (Å²) in [4.78, 5) is 28.0. The number of hydrogen-bond acceptors (Lipinski definition) is 3. The van der Waals surface area contributed by atoms with Crippen LogP contribution in [0.3, 0.4) is 0 Å². The van der Waals surface area contributed by atoms with Crippen molar-refractivity contribution in [2.45, 2.75) is 19.4 Å². The molecule has 0 bridgehead atoms. The van der Waals surface area contributed by atoms with Crippen molar-refractivity contribution in [1.82, 2.24) is 20.6 Å². The van der Waals surface area contributed by atoms with E-state index in [0.29, 0.717) is 12.8 Å². The highest BCUT2D eigenvalue weighted by molar-refractivity contribution is 5.80. The lowest BCUT2D eigenvalue weighted by Gasteiger charge is -2.12. The molecule has 3 N–H and O–H groups in total. The van der Waals surface area contributed by atoms with E-state index in [1.165, 1.54) is 0 Å². The van der Waals surface area contributed by atoms with Crippen LogP contribution in [-0.2, 0) is 16.0 Å². The first kappa shape index (κ1) is 11.2. The third-order valence-corrected chi connectivity index (χ3v) is 1.83. The van der Waals surface area contributed by atoms with Crippen molar-refractivity contribution >= 4 is 12.3 Å². The lowest BCUT2D eigenvalue weighted by Crippen LogP contribution is -2.39. The highest BCUT2D eigenvalue weighted by atomic mass is 16.2. The summed E-state index contributed by atoms with van der Waals surface area (Å²) >= 11 is 0. The number of carbonyl (C=O) groups excluding carboxylic acids is 2. The molecule has 1 aromatic heterocycles. The normalized spacial score (nSPS) is 11.8. The predicted octanol–water partition coefficient (Wildman–Crippen LogP) is -0.797. The number of imidazole rings is 1. The second kappa shape index (κ2) is 5.79. The molecule has 15 heavy (non-hydrogen) atoms. The van der Waals surface area contributed by atoms with Gasteiger partial charge in [0.2, 0.25) is 12.3 Å². The maximum atomic E-state index is 11.2. The first-order valence-corrected chi connectivity index (χ1v) is 4.66. The van der Waals surface area contributed by atoms with Crippen LogP contribution in [0.4, 0.5) is 0 Å². The van der Waals surface area contributed by atoms with E-state index in [9.17, 15) is 9.59 Å². The van der Waals surface area contributed by atoms with E-state index >= 15 is 0 Å². The largest absolute Gasteiger partial charge is 0.352 e. The lowest BCUT2D eigenvalue weighted by atomic mass is 10.2. The number of aromatic amines is 1. The molecule has 1 rings (SSSR count). The highest BCUT2D eigenvalue weighted by Gasteiger charge is 2.07. The molecular formula is C9H14N4O2. The van der Waals surface area contributed by atoms with Gasteiger partial charge in [-0.2, -0.15) is 0 Å². The van der Waals surface area contributed by atoms with E-state index in [4.69, 9.17) is 0 Å². The van der Waals surface area contributed by atoms with Crippen LogP contribution in [0.15, 0.2) is 12.5 Å². The van der Waals surface area contributed by atoms with E-state index in [1.54, 1.807) is 12.5 Å². The summed E-state index contributed by atoms with van der Waals surface area (Å²) in [5.41, 5.74) is 0.964. The second-order valence-electron chi connectivity index (χ2n) is 3.25. The summed E-state index contributed by atoms with van der Waals surface area (Å²) in [6.07, 6.45) is 4.50. The van der Waals surface area contributed by atoms with Crippen molar-refractivity contribution in [3.05, 3.63) is 18.2 Å². The van der Waals surface area contributed by atoms with Gasteiger partial charge in [-0.15, -0.1) is 0 Å². The molecule has 0 aliphatic heterocycles.